The van der Waals surface area contributed by atoms with Crippen molar-refractivity contribution in [1.82, 2.24) is 4.90 Å². The van der Waals surface area contributed by atoms with Crippen LogP contribution in [0, 0.1) is 5.92 Å². The number of halogens is 3. The van der Waals surface area contributed by atoms with Crippen molar-refractivity contribution in [3.63, 3.8) is 0 Å². The molecule has 2 aromatic carbocycles. The zero-order valence-corrected chi connectivity index (χ0v) is 14.0. The maximum Gasteiger partial charge on any atom is 0.401 e. The van der Waals surface area contributed by atoms with Crippen molar-refractivity contribution in [3.8, 4) is 11.1 Å². The average molecular weight is 345 g/mol. The number of hydrogen-bond acceptors (Lipinski definition) is 1. The molecule has 5 rings (SSSR count). The van der Waals surface area contributed by atoms with Gasteiger partial charge >= 0.3 is 6.18 Å². The van der Waals surface area contributed by atoms with Gasteiger partial charge < -0.3 is 0 Å². The van der Waals surface area contributed by atoms with Crippen LogP contribution in [0.4, 0.5) is 13.2 Å². The first kappa shape index (κ1) is 16.6. The number of nitrogens with zero attached hydrogens (tertiary/aromatic N) is 1. The molecule has 2 aromatic rings. The van der Waals surface area contributed by atoms with E-state index in [0.717, 1.165) is 42.4 Å². The normalized spacial score (nSPS) is 26.8. The zero-order chi connectivity index (χ0) is 17.4. The van der Waals surface area contributed by atoms with Gasteiger partial charge in [-0.25, -0.2) is 0 Å². The first-order chi connectivity index (χ1) is 12.0. The van der Waals surface area contributed by atoms with Crippen LogP contribution >= 0.6 is 0 Å². The van der Waals surface area contributed by atoms with Gasteiger partial charge in [0.15, 0.2) is 0 Å². The number of fused-ring (bicyclic) bond motifs is 3. The lowest BCUT2D eigenvalue weighted by Crippen LogP contribution is -2.53. The Hall–Kier alpha value is -1.81. The minimum Gasteiger partial charge on any atom is -0.285 e. The number of alkyl halides is 3. The van der Waals surface area contributed by atoms with Gasteiger partial charge in [0.2, 0.25) is 0 Å². The number of benzene rings is 2. The Labute approximate surface area is 146 Å². The molecule has 1 unspecified atom stereocenters. The van der Waals surface area contributed by atoms with Crippen LogP contribution in [-0.2, 0) is 0 Å². The Balaban J connectivity index is 1.62. The van der Waals surface area contributed by atoms with Crippen LogP contribution in [0.3, 0.4) is 0 Å². The summed E-state index contributed by atoms with van der Waals surface area (Å²) in [6.07, 6.45) is -0.243. The molecular weight excluding hydrogens is 323 g/mol. The highest BCUT2D eigenvalue weighted by Crippen LogP contribution is 2.48. The van der Waals surface area contributed by atoms with E-state index >= 15 is 0 Å². The molecule has 2 heterocycles. The van der Waals surface area contributed by atoms with E-state index in [1.165, 1.54) is 0 Å². The van der Waals surface area contributed by atoms with Crippen molar-refractivity contribution in [2.24, 2.45) is 5.92 Å². The van der Waals surface area contributed by atoms with Gasteiger partial charge in [0, 0.05) is 12.1 Å². The van der Waals surface area contributed by atoms with Crippen LogP contribution in [0.1, 0.15) is 37.3 Å². The molecule has 25 heavy (non-hydrogen) atoms. The summed E-state index contributed by atoms with van der Waals surface area (Å²) in [5.74, 6) is 0.343. The van der Waals surface area contributed by atoms with Gasteiger partial charge in [-0.05, 0) is 48.3 Å². The number of hydrogen-bond donors (Lipinski definition) is 0. The summed E-state index contributed by atoms with van der Waals surface area (Å²) in [7, 11) is 0. The van der Waals surface area contributed by atoms with Crippen molar-refractivity contribution in [2.45, 2.75) is 43.9 Å². The molecule has 2 saturated heterocycles. The van der Waals surface area contributed by atoms with Crippen molar-refractivity contribution in [3.05, 3.63) is 60.2 Å². The molecule has 0 aromatic heterocycles. The third-order valence-corrected chi connectivity index (χ3v) is 5.74. The molecule has 2 aliphatic heterocycles. The molecule has 0 radical (unpaired) electrons. The van der Waals surface area contributed by atoms with E-state index in [1.807, 2.05) is 54.6 Å². The maximum absolute atomic E-state index is 13.1. The lowest BCUT2D eigenvalue weighted by molar-refractivity contribution is -0.173. The highest BCUT2D eigenvalue weighted by Gasteiger charge is 2.46. The third kappa shape index (κ3) is 3.45. The summed E-state index contributed by atoms with van der Waals surface area (Å²) in [6.45, 7) is -0.792. The summed E-state index contributed by atoms with van der Waals surface area (Å²) in [4.78, 5) is 1.72. The predicted molar refractivity (Wildman–Crippen MR) is 93.1 cm³/mol. The smallest absolute Gasteiger partial charge is 0.285 e. The molecule has 0 spiro atoms. The van der Waals surface area contributed by atoms with Crippen molar-refractivity contribution in [1.29, 1.82) is 0 Å². The second-order valence-electron chi connectivity index (χ2n) is 7.29. The monoisotopic (exact) mass is 345 g/mol. The summed E-state index contributed by atoms with van der Waals surface area (Å²) in [5.41, 5.74) is 3.26. The van der Waals surface area contributed by atoms with Gasteiger partial charge in [0.1, 0.15) is 0 Å². The third-order valence-electron chi connectivity index (χ3n) is 5.74. The van der Waals surface area contributed by atoms with Gasteiger partial charge in [0.25, 0.3) is 0 Å². The second kappa shape index (κ2) is 6.49. The summed E-state index contributed by atoms with van der Waals surface area (Å²) < 4.78 is 39.3. The van der Waals surface area contributed by atoms with Crippen LogP contribution in [0.2, 0.25) is 0 Å². The Morgan fingerprint density at radius 1 is 0.800 bits per heavy atom. The van der Waals surface area contributed by atoms with Crippen LogP contribution < -0.4 is 0 Å². The molecule has 0 amide bonds. The fourth-order valence-electron chi connectivity index (χ4n) is 4.65. The topological polar surface area (TPSA) is 3.24 Å². The van der Waals surface area contributed by atoms with Gasteiger partial charge in [0.05, 0.1) is 6.54 Å². The molecule has 2 bridgehead atoms. The first-order valence-corrected chi connectivity index (χ1v) is 8.99. The quantitative estimate of drug-likeness (QED) is 0.676. The Morgan fingerprint density at radius 3 is 2.00 bits per heavy atom. The molecule has 1 atom stereocenters. The van der Waals surface area contributed by atoms with E-state index < -0.39 is 12.7 Å². The van der Waals surface area contributed by atoms with E-state index in [9.17, 15) is 13.2 Å². The highest BCUT2D eigenvalue weighted by molar-refractivity contribution is 5.63. The van der Waals surface area contributed by atoms with Gasteiger partial charge in [-0.1, -0.05) is 54.6 Å². The van der Waals surface area contributed by atoms with Crippen molar-refractivity contribution < 1.29 is 13.2 Å². The molecule has 132 valence electrons. The predicted octanol–water partition coefficient (Wildman–Crippen LogP) is 5.83. The van der Waals surface area contributed by atoms with Crippen LogP contribution in [0.25, 0.3) is 11.1 Å². The van der Waals surface area contributed by atoms with Crippen LogP contribution in [0.5, 0.6) is 0 Å². The van der Waals surface area contributed by atoms with Gasteiger partial charge in [-0.2, -0.15) is 13.2 Å². The van der Waals surface area contributed by atoms with E-state index in [0.29, 0.717) is 5.92 Å². The number of rotatable bonds is 3. The Bertz CT molecular complexity index is 700. The lowest BCUT2D eigenvalue weighted by atomic mass is 9.72. The Kier molecular flexibility index (Phi) is 4.32. The molecular formula is C21H22F3N. The highest BCUT2D eigenvalue weighted by atomic mass is 19.4. The second-order valence-corrected chi connectivity index (χ2v) is 7.29. The fourth-order valence-corrected chi connectivity index (χ4v) is 4.65. The molecule has 4 heteroatoms. The minimum absolute atomic E-state index is 0.0745. The minimum atomic E-state index is -4.14. The maximum atomic E-state index is 13.1. The average Bonchev–Trinajstić information content (AvgIpc) is 2.62. The summed E-state index contributed by atoms with van der Waals surface area (Å²) in [5, 5.41) is 0. The summed E-state index contributed by atoms with van der Waals surface area (Å²) in [6, 6.07) is 18.2. The molecule has 0 N–H and O–H groups in total. The van der Waals surface area contributed by atoms with Gasteiger partial charge in [-0.3, -0.25) is 4.90 Å². The van der Waals surface area contributed by atoms with E-state index in [4.69, 9.17) is 0 Å². The van der Waals surface area contributed by atoms with Crippen LogP contribution in [0.15, 0.2) is 54.6 Å². The van der Waals surface area contributed by atoms with E-state index in [-0.39, 0.29) is 12.1 Å². The largest absolute Gasteiger partial charge is 0.401 e. The van der Waals surface area contributed by atoms with Crippen molar-refractivity contribution in [2.75, 3.05) is 6.54 Å². The number of piperidine rings is 2. The SMILES string of the molecule is FC(F)(F)CN1C2CCC(CC2)C1c1ccc(-c2ccccc2)cc1. The summed E-state index contributed by atoms with van der Waals surface area (Å²) >= 11 is 0. The molecule has 3 fully saturated rings. The molecule has 3 aliphatic rings. The molecule has 1 aliphatic carbocycles. The molecule has 1 saturated carbocycles. The fraction of sp³-hybridized carbons (Fsp3) is 0.429. The van der Waals surface area contributed by atoms with E-state index in [2.05, 4.69) is 0 Å². The first-order valence-electron chi connectivity index (χ1n) is 8.99. The Morgan fingerprint density at radius 2 is 1.40 bits per heavy atom. The molecule has 1 nitrogen and oxygen atoms in total. The standard InChI is InChI=1S/C21H22F3N/c22-21(23,24)14-25-19-12-10-18(11-13-19)20(25)17-8-6-16(7-9-17)15-4-2-1-3-5-15/h1-9,18-20H,10-14H2. The van der Waals surface area contributed by atoms with E-state index in [1.54, 1.807) is 4.90 Å². The zero-order valence-electron chi connectivity index (χ0n) is 14.0. The van der Waals surface area contributed by atoms with Gasteiger partial charge in [-0.15, -0.1) is 0 Å². The van der Waals surface area contributed by atoms with Crippen LogP contribution in [-0.4, -0.2) is 23.7 Å². The lowest BCUT2D eigenvalue weighted by Gasteiger charge is -2.52. The van der Waals surface area contributed by atoms with Crippen molar-refractivity contribution >= 4 is 0 Å².